The summed E-state index contributed by atoms with van der Waals surface area (Å²) in [5.41, 5.74) is 0.729. The van der Waals surface area contributed by atoms with E-state index in [1.807, 2.05) is 19.1 Å². The zero-order chi connectivity index (χ0) is 24.2. The van der Waals surface area contributed by atoms with Crippen LogP contribution in [0.1, 0.15) is 20.3 Å². The Balaban J connectivity index is 1.60. The van der Waals surface area contributed by atoms with Gasteiger partial charge in [-0.2, -0.15) is 5.10 Å². The molecule has 3 rings (SSSR count). The first-order valence-corrected chi connectivity index (χ1v) is 12.3. The average Bonchev–Trinajstić information content (AvgIpc) is 3.27. The number of nitrogens with one attached hydrogen (secondary N) is 2. The van der Waals surface area contributed by atoms with Crippen LogP contribution in [0.5, 0.6) is 11.5 Å². The molecule has 0 bridgehead atoms. The molecule has 0 spiro atoms. The van der Waals surface area contributed by atoms with E-state index < -0.39 is 0 Å². The number of amides is 1. The average molecular weight is 489 g/mol. The number of fused-ring (bicyclic) bond motifs is 1. The quantitative estimate of drug-likeness (QED) is 0.189. The summed E-state index contributed by atoms with van der Waals surface area (Å²) >= 11 is 1.61. The summed E-state index contributed by atoms with van der Waals surface area (Å²) in [7, 11) is 1.56. The highest BCUT2D eigenvalue weighted by molar-refractivity contribution is 7.99. The lowest BCUT2D eigenvalue weighted by Crippen LogP contribution is -2.31. The van der Waals surface area contributed by atoms with Gasteiger partial charge in [0.05, 0.1) is 31.8 Å². The van der Waals surface area contributed by atoms with Gasteiger partial charge < -0.3 is 24.8 Å². The van der Waals surface area contributed by atoms with Crippen LogP contribution in [0.4, 0.5) is 5.82 Å². The normalized spacial score (nSPS) is 10.9. The molecule has 11 heteroatoms. The lowest BCUT2D eigenvalue weighted by molar-refractivity contribution is -0.123. The Kier molecular flexibility index (Phi) is 10.2. The molecular weight excluding hydrogens is 456 g/mol. The first-order valence-electron chi connectivity index (χ1n) is 11.4. The Labute approximate surface area is 203 Å². The summed E-state index contributed by atoms with van der Waals surface area (Å²) in [5, 5.41) is 12.2. The predicted octanol–water partition coefficient (Wildman–Crippen LogP) is 2.98. The van der Waals surface area contributed by atoms with Gasteiger partial charge in [0.15, 0.2) is 28.9 Å². The number of aromatic nitrogens is 4. The molecule has 0 atom stereocenters. The van der Waals surface area contributed by atoms with Crippen molar-refractivity contribution in [3.8, 4) is 11.5 Å². The van der Waals surface area contributed by atoms with E-state index in [9.17, 15) is 4.79 Å². The Morgan fingerprint density at radius 2 is 1.97 bits per heavy atom. The second-order valence-electron chi connectivity index (χ2n) is 7.22. The minimum atomic E-state index is -0.227. The van der Waals surface area contributed by atoms with Gasteiger partial charge in [-0.3, -0.25) is 4.79 Å². The first-order chi connectivity index (χ1) is 16.7. The van der Waals surface area contributed by atoms with Crippen LogP contribution in [0.2, 0.25) is 0 Å². The Morgan fingerprint density at radius 3 is 2.74 bits per heavy atom. The number of carbonyl (C=O) groups is 1. The molecule has 0 aliphatic heterocycles. The van der Waals surface area contributed by atoms with Gasteiger partial charge >= 0.3 is 0 Å². The predicted molar refractivity (Wildman–Crippen MR) is 133 cm³/mol. The van der Waals surface area contributed by atoms with Crippen LogP contribution in [-0.4, -0.2) is 71.4 Å². The van der Waals surface area contributed by atoms with Gasteiger partial charge in [0.1, 0.15) is 5.82 Å². The smallest absolute Gasteiger partial charge is 0.258 e. The SMILES string of the molecule is CCCSc1nc(NCCOCC)c2cnn(CCNC(=O)COc3ccccc3OC)c2n1. The van der Waals surface area contributed by atoms with Crippen LogP contribution in [-0.2, 0) is 16.1 Å². The second kappa shape index (κ2) is 13.6. The van der Waals surface area contributed by atoms with E-state index in [4.69, 9.17) is 19.2 Å². The molecular formula is C23H32N6O4S. The third kappa shape index (κ3) is 7.22. The van der Waals surface area contributed by atoms with Crippen molar-refractivity contribution in [2.45, 2.75) is 32.0 Å². The van der Waals surface area contributed by atoms with Gasteiger partial charge in [-0.05, 0) is 25.5 Å². The van der Waals surface area contributed by atoms with Crippen LogP contribution in [0.25, 0.3) is 11.0 Å². The minimum Gasteiger partial charge on any atom is -0.493 e. The van der Waals surface area contributed by atoms with Crippen molar-refractivity contribution >= 4 is 34.5 Å². The number of carbonyl (C=O) groups excluding carboxylic acids is 1. The van der Waals surface area contributed by atoms with Gasteiger partial charge in [0.25, 0.3) is 5.91 Å². The Bertz CT molecular complexity index is 1060. The molecule has 184 valence electrons. The fourth-order valence-electron chi connectivity index (χ4n) is 3.11. The highest BCUT2D eigenvalue weighted by Crippen LogP contribution is 2.26. The lowest BCUT2D eigenvalue weighted by Gasteiger charge is -2.11. The van der Waals surface area contributed by atoms with Crippen molar-refractivity contribution in [1.29, 1.82) is 0 Å². The molecule has 0 aliphatic rings. The molecule has 1 aromatic carbocycles. The van der Waals surface area contributed by atoms with Crippen LogP contribution in [0, 0.1) is 0 Å². The van der Waals surface area contributed by atoms with E-state index in [1.54, 1.807) is 41.9 Å². The molecule has 0 saturated carbocycles. The molecule has 0 radical (unpaired) electrons. The molecule has 0 saturated heterocycles. The maximum Gasteiger partial charge on any atom is 0.258 e. The van der Waals surface area contributed by atoms with Crippen LogP contribution in [0.3, 0.4) is 0 Å². The van der Waals surface area contributed by atoms with Gasteiger partial charge in [0.2, 0.25) is 0 Å². The monoisotopic (exact) mass is 488 g/mol. The summed E-state index contributed by atoms with van der Waals surface area (Å²) in [6, 6.07) is 7.21. The zero-order valence-electron chi connectivity index (χ0n) is 19.9. The van der Waals surface area contributed by atoms with Crippen LogP contribution in [0.15, 0.2) is 35.6 Å². The number of nitrogens with zero attached hydrogens (tertiary/aromatic N) is 4. The summed E-state index contributed by atoms with van der Waals surface area (Å²) < 4.78 is 18.0. The van der Waals surface area contributed by atoms with Crippen LogP contribution < -0.4 is 20.1 Å². The highest BCUT2D eigenvalue weighted by atomic mass is 32.2. The molecule has 10 nitrogen and oxygen atoms in total. The molecule has 3 aromatic rings. The maximum atomic E-state index is 12.2. The topological polar surface area (TPSA) is 112 Å². The number of ether oxygens (including phenoxy) is 3. The number of para-hydroxylation sites is 2. The fraction of sp³-hybridized carbons (Fsp3) is 0.478. The molecule has 2 heterocycles. The van der Waals surface area contributed by atoms with Crippen molar-refractivity contribution < 1.29 is 19.0 Å². The van der Waals surface area contributed by atoms with Gasteiger partial charge in [-0.25, -0.2) is 14.6 Å². The second-order valence-corrected chi connectivity index (χ2v) is 8.28. The molecule has 0 fully saturated rings. The minimum absolute atomic E-state index is 0.103. The molecule has 2 aromatic heterocycles. The zero-order valence-corrected chi connectivity index (χ0v) is 20.7. The van der Waals surface area contributed by atoms with Crippen LogP contribution >= 0.6 is 11.8 Å². The summed E-state index contributed by atoms with van der Waals surface area (Å²) in [5.74, 6) is 2.55. The van der Waals surface area contributed by atoms with E-state index in [0.717, 1.165) is 29.0 Å². The third-order valence-electron chi connectivity index (χ3n) is 4.73. The van der Waals surface area contributed by atoms with Gasteiger partial charge in [-0.15, -0.1) is 0 Å². The fourth-order valence-corrected chi connectivity index (χ4v) is 3.80. The summed E-state index contributed by atoms with van der Waals surface area (Å²) in [6.45, 7) is 6.76. The van der Waals surface area contributed by atoms with E-state index in [2.05, 4.69) is 27.6 Å². The van der Waals surface area contributed by atoms with Gasteiger partial charge in [-0.1, -0.05) is 30.8 Å². The number of thioether (sulfide) groups is 1. The molecule has 2 N–H and O–H groups in total. The number of methoxy groups -OCH3 is 1. The van der Waals surface area contributed by atoms with E-state index in [-0.39, 0.29) is 12.5 Å². The van der Waals surface area contributed by atoms with Crippen molar-refractivity contribution in [2.75, 3.05) is 51.1 Å². The number of anilines is 1. The molecule has 1 amide bonds. The van der Waals surface area contributed by atoms with Gasteiger partial charge in [0, 0.05) is 25.4 Å². The van der Waals surface area contributed by atoms with Crippen molar-refractivity contribution in [3.05, 3.63) is 30.5 Å². The van der Waals surface area contributed by atoms with Crippen molar-refractivity contribution in [2.24, 2.45) is 0 Å². The standard InChI is InChI=1S/C23H32N6O4S/c1-4-14-34-23-27-21(25-11-13-32-5-2)17-15-26-29(22(17)28-23)12-10-24-20(30)16-33-19-9-7-6-8-18(19)31-3/h6-9,15H,4-5,10-14,16H2,1-3H3,(H,24,30)(H,25,27,28). The number of benzene rings is 1. The molecule has 34 heavy (non-hydrogen) atoms. The maximum absolute atomic E-state index is 12.2. The molecule has 0 unspecified atom stereocenters. The lowest BCUT2D eigenvalue weighted by atomic mass is 10.3. The number of rotatable bonds is 15. The third-order valence-corrected chi connectivity index (χ3v) is 5.78. The largest absolute Gasteiger partial charge is 0.493 e. The first kappa shape index (κ1) is 25.6. The van der Waals surface area contributed by atoms with Crippen molar-refractivity contribution in [3.63, 3.8) is 0 Å². The number of hydrogen-bond donors (Lipinski definition) is 2. The summed E-state index contributed by atoms with van der Waals surface area (Å²) in [4.78, 5) is 21.6. The number of hydrogen-bond acceptors (Lipinski definition) is 9. The Morgan fingerprint density at radius 1 is 1.15 bits per heavy atom. The summed E-state index contributed by atoms with van der Waals surface area (Å²) in [6.07, 6.45) is 2.78. The Hall–Kier alpha value is -3.05. The molecule has 0 aliphatic carbocycles. The highest BCUT2D eigenvalue weighted by Gasteiger charge is 2.14. The van der Waals surface area contributed by atoms with E-state index in [1.165, 1.54) is 0 Å². The van der Waals surface area contributed by atoms with E-state index >= 15 is 0 Å². The van der Waals surface area contributed by atoms with E-state index in [0.29, 0.717) is 49.5 Å². The van der Waals surface area contributed by atoms with Crippen molar-refractivity contribution in [1.82, 2.24) is 25.1 Å².